The highest BCUT2D eigenvalue weighted by Gasteiger charge is 2.76. The highest BCUT2D eigenvalue weighted by atomic mass is 35.5. The number of carbonyl (C=O) groups excluding carboxylic acids is 1. The Labute approximate surface area is 143 Å². The minimum Gasteiger partial charge on any atom is -0.279 e. The molecule has 0 spiro atoms. The number of alkyl halides is 7. The molecule has 0 bridgehead atoms. The molecule has 134 valence electrons. The van der Waals surface area contributed by atoms with Gasteiger partial charge in [-0.1, -0.05) is 48.0 Å². The smallest absolute Gasteiger partial charge is 0.279 e. The number of amides is 1. The molecule has 2 rings (SSSR count). The van der Waals surface area contributed by atoms with Crippen molar-refractivity contribution >= 4 is 28.9 Å². The molecule has 0 aromatic heterocycles. The first-order valence-electron chi connectivity index (χ1n) is 6.77. The summed E-state index contributed by atoms with van der Waals surface area (Å²) in [4.78, 5) is 7.64. The maximum absolute atomic E-state index is 13.1. The van der Waals surface area contributed by atoms with E-state index in [2.05, 4.69) is 0 Å². The van der Waals surface area contributed by atoms with Gasteiger partial charge >= 0.3 is 17.2 Å². The summed E-state index contributed by atoms with van der Waals surface area (Å²) in [6.45, 7) is 0. The zero-order valence-electron chi connectivity index (χ0n) is 12.3. The summed E-state index contributed by atoms with van der Waals surface area (Å²) >= 11 is 4.90. The number of anilines is 2. The van der Waals surface area contributed by atoms with E-state index < -0.39 is 23.1 Å². The van der Waals surface area contributed by atoms with Gasteiger partial charge in [0.1, 0.15) is 0 Å². The van der Waals surface area contributed by atoms with Crippen LogP contribution in [0.4, 0.5) is 37.7 Å². The summed E-state index contributed by atoms with van der Waals surface area (Å²) in [5.41, 5.74) is -0.366. The van der Waals surface area contributed by atoms with Gasteiger partial charge in [-0.25, -0.2) is 0 Å². The minimum absolute atomic E-state index is 0.183. The lowest BCUT2D eigenvalue weighted by atomic mass is 10.0. The second kappa shape index (κ2) is 6.59. The quantitative estimate of drug-likeness (QED) is 0.511. The van der Waals surface area contributed by atoms with Crippen molar-refractivity contribution in [3.05, 3.63) is 60.7 Å². The van der Waals surface area contributed by atoms with Gasteiger partial charge in [0.2, 0.25) is 0 Å². The van der Waals surface area contributed by atoms with Crippen LogP contribution >= 0.6 is 11.6 Å². The van der Waals surface area contributed by atoms with Crippen molar-refractivity contribution in [2.45, 2.75) is 17.2 Å². The second-order valence-electron chi connectivity index (χ2n) is 4.97. The van der Waals surface area contributed by atoms with Crippen molar-refractivity contribution in [2.24, 2.45) is 0 Å². The summed E-state index contributed by atoms with van der Waals surface area (Å²) in [5.74, 6) is -2.36. The lowest BCUT2D eigenvalue weighted by molar-refractivity contribution is -0.259. The number of halogens is 7. The zero-order valence-corrected chi connectivity index (χ0v) is 13.0. The van der Waals surface area contributed by atoms with E-state index in [4.69, 9.17) is 11.6 Å². The highest BCUT2D eigenvalue weighted by Crippen LogP contribution is 2.50. The zero-order chi connectivity index (χ0) is 18.9. The molecule has 0 aliphatic rings. The van der Waals surface area contributed by atoms with Crippen molar-refractivity contribution in [1.29, 1.82) is 0 Å². The topological polar surface area (TPSA) is 20.3 Å². The number of hydrogen-bond acceptors (Lipinski definition) is 1. The van der Waals surface area contributed by atoms with Crippen molar-refractivity contribution < 1.29 is 31.1 Å². The van der Waals surface area contributed by atoms with E-state index in [1.165, 1.54) is 60.7 Å². The third-order valence-electron chi connectivity index (χ3n) is 3.31. The third kappa shape index (κ3) is 3.44. The highest BCUT2D eigenvalue weighted by molar-refractivity contribution is 6.39. The van der Waals surface area contributed by atoms with E-state index in [9.17, 15) is 31.1 Å². The van der Waals surface area contributed by atoms with E-state index >= 15 is 0 Å². The Morgan fingerprint density at radius 2 is 1.04 bits per heavy atom. The van der Waals surface area contributed by atoms with Gasteiger partial charge in [-0.2, -0.15) is 26.3 Å². The fourth-order valence-corrected chi connectivity index (χ4v) is 2.18. The van der Waals surface area contributed by atoms with E-state index in [0.29, 0.717) is 4.90 Å². The molecule has 0 saturated heterocycles. The van der Waals surface area contributed by atoms with Crippen LogP contribution in [0, 0.1) is 0 Å². The van der Waals surface area contributed by atoms with Gasteiger partial charge in [-0.3, -0.25) is 9.69 Å². The third-order valence-corrected chi connectivity index (χ3v) is 3.90. The van der Waals surface area contributed by atoms with Gasteiger partial charge in [-0.15, -0.1) is 0 Å². The van der Waals surface area contributed by atoms with Gasteiger partial charge in [0, 0.05) is 11.4 Å². The summed E-state index contributed by atoms with van der Waals surface area (Å²) in [5, 5.41) is 0. The van der Waals surface area contributed by atoms with Crippen LogP contribution in [0.1, 0.15) is 0 Å². The number of carbonyl (C=O) groups is 1. The summed E-state index contributed by atoms with van der Waals surface area (Å²) < 4.78 is 78.9. The molecular weight excluding hydrogens is 372 g/mol. The molecule has 0 aliphatic carbocycles. The molecule has 0 aliphatic heterocycles. The molecule has 2 nitrogen and oxygen atoms in total. The van der Waals surface area contributed by atoms with Crippen LogP contribution in [0.15, 0.2) is 60.7 Å². The first kappa shape index (κ1) is 19.1. The molecule has 1 amide bonds. The molecule has 0 heterocycles. The monoisotopic (exact) mass is 381 g/mol. The fraction of sp³-hybridized carbons (Fsp3) is 0.188. The molecule has 2 aromatic carbocycles. The fourth-order valence-electron chi connectivity index (χ4n) is 2.09. The maximum atomic E-state index is 13.1. The van der Waals surface area contributed by atoms with Gasteiger partial charge in [0.15, 0.2) is 0 Å². The molecule has 0 unspecified atom stereocenters. The molecule has 9 heteroatoms. The van der Waals surface area contributed by atoms with Gasteiger partial charge in [0.05, 0.1) is 0 Å². The second-order valence-corrected chi connectivity index (χ2v) is 5.53. The Bertz CT molecular complexity index is 676. The molecule has 2 aromatic rings. The number of rotatable bonds is 3. The Hall–Kier alpha value is -2.22. The number of para-hydroxylation sites is 2. The first-order valence-corrected chi connectivity index (χ1v) is 7.15. The predicted molar refractivity (Wildman–Crippen MR) is 80.7 cm³/mol. The van der Waals surface area contributed by atoms with Crippen molar-refractivity contribution in [3.63, 3.8) is 0 Å². The van der Waals surface area contributed by atoms with Crippen molar-refractivity contribution in [1.82, 2.24) is 0 Å². The van der Waals surface area contributed by atoms with E-state index in [0.717, 1.165) is 0 Å². The summed E-state index contributed by atoms with van der Waals surface area (Å²) in [6.07, 6.45) is -12.1. The lowest BCUT2D eigenvalue weighted by Gasteiger charge is -2.35. The van der Waals surface area contributed by atoms with Crippen LogP contribution in [0.3, 0.4) is 0 Å². The Morgan fingerprint density at radius 3 is 1.32 bits per heavy atom. The maximum Gasteiger partial charge on any atom is 0.425 e. The minimum atomic E-state index is -6.05. The lowest BCUT2D eigenvalue weighted by Crippen LogP contribution is -2.62. The van der Waals surface area contributed by atoms with Crippen LogP contribution in [0.2, 0.25) is 0 Å². The summed E-state index contributed by atoms with van der Waals surface area (Å²) in [6, 6.07) is 13.3. The Balaban J connectivity index is 2.67. The van der Waals surface area contributed by atoms with E-state index in [1.807, 2.05) is 0 Å². The predicted octanol–water partition coefficient (Wildman–Crippen LogP) is 5.45. The molecule has 0 saturated carbocycles. The first-order chi connectivity index (χ1) is 11.5. The van der Waals surface area contributed by atoms with Gasteiger partial charge < -0.3 is 0 Å². The van der Waals surface area contributed by atoms with Crippen LogP contribution in [0.25, 0.3) is 0 Å². The number of benzene rings is 2. The number of hydrogen-bond donors (Lipinski definition) is 0. The molecule has 0 N–H and O–H groups in total. The molecule has 0 radical (unpaired) electrons. The Morgan fingerprint density at radius 1 is 0.720 bits per heavy atom. The van der Waals surface area contributed by atoms with Crippen LogP contribution in [-0.4, -0.2) is 23.1 Å². The SMILES string of the molecule is O=C(N(c1ccccc1)c1ccccc1)C(Cl)(C(F)(F)F)C(F)(F)F. The van der Waals surface area contributed by atoms with Crippen molar-refractivity contribution in [3.8, 4) is 0 Å². The van der Waals surface area contributed by atoms with Crippen LogP contribution in [0.5, 0.6) is 0 Å². The summed E-state index contributed by atoms with van der Waals surface area (Å²) in [7, 11) is 0. The average Bonchev–Trinajstić information content (AvgIpc) is 2.54. The standard InChI is InChI=1S/C16H10ClF6NO/c17-14(15(18,19)20,16(21,22)23)13(25)24(11-7-3-1-4-8-11)12-9-5-2-6-10-12/h1-10H. The van der Waals surface area contributed by atoms with E-state index in [-0.39, 0.29) is 11.4 Å². The normalized spacial score (nSPS) is 12.8. The van der Waals surface area contributed by atoms with Crippen molar-refractivity contribution in [2.75, 3.05) is 4.90 Å². The van der Waals surface area contributed by atoms with Gasteiger partial charge in [-0.05, 0) is 24.3 Å². The van der Waals surface area contributed by atoms with Crippen LogP contribution in [-0.2, 0) is 4.79 Å². The molecule has 0 fully saturated rings. The molecular formula is C16H10ClF6NO. The average molecular weight is 382 g/mol. The van der Waals surface area contributed by atoms with Gasteiger partial charge in [0.25, 0.3) is 5.91 Å². The molecule has 0 atom stereocenters. The Kier molecular flexibility index (Phi) is 5.04. The largest absolute Gasteiger partial charge is 0.425 e. The van der Waals surface area contributed by atoms with Crippen LogP contribution < -0.4 is 4.90 Å². The van der Waals surface area contributed by atoms with E-state index in [1.54, 1.807) is 0 Å². The number of nitrogens with zero attached hydrogens (tertiary/aromatic N) is 1. The molecule has 25 heavy (non-hydrogen) atoms.